The van der Waals surface area contributed by atoms with E-state index in [1.54, 1.807) is 12.1 Å². The minimum Gasteiger partial charge on any atom is -0.355 e. The van der Waals surface area contributed by atoms with E-state index in [0.717, 1.165) is 37.4 Å². The maximum Gasteiger partial charge on any atom is 0.230 e. The van der Waals surface area contributed by atoms with Gasteiger partial charge in [0.05, 0.1) is 5.75 Å². The summed E-state index contributed by atoms with van der Waals surface area (Å²) in [6, 6.07) is 6.23. The molecule has 1 aromatic rings. The van der Waals surface area contributed by atoms with Gasteiger partial charge in [-0.05, 0) is 63.2 Å². The van der Waals surface area contributed by atoms with Gasteiger partial charge in [0.15, 0.2) is 0 Å². The summed E-state index contributed by atoms with van der Waals surface area (Å²) >= 11 is 1.44. The van der Waals surface area contributed by atoms with Crippen molar-refractivity contribution >= 4 is 17.7 Å². The second-order valence-corrected chi connectivity index (χ2v) is 6.34. The lowest BCUT2D eigenvalue weighted by molar-refractivity contribution is -0.118. The zero-order valence-electron chi connectivity index (χ0n) is 11.8. The predicted octanol–water partition coefficient (Wildman–Crippen LogP) is 2.38. The van der Waals surface area contributed by atoms with Crippen molar-refractivity contribution in [1.29, 1.82) is 0 Å². The van der Waals surface area contributed by atoms with Crippen LogP contribution in [0.4, 0.5) is 4.39 Å². The van der Waals surface area contributed by atoms with Crippen LogP contribution >= 0.6 is 11.8 Å². The molecule has 1 heterocycles. The summed E-state index contributed by atoms with van der Waals surface area (Å²) in [4.78, 5) is 15.0. The van der Waals surface area contributed by atoms with Crippen LogP contribution < -0.4 is 5.32 Å². The van der Waals surface area contributed by atoms with Crippen LogP contribution in [0.25, 0.3) is 0 Å². The molecule has 1 aliphatic rings. The highest BCUT2D eigenvalue weighted by molar-refractivity contribution is 8.00. The van der Waals surface area contributed by atoms with Crippen molar-refractivity contribution in [2.24, 2.45) is 5.92 Å². The fraction of sp³-hybridized carbons (Fsp3) is 0.533. The Hall–Kier alpha value is -1.07. The summed E-state index contributed by atoms with van der Waals surface area (Å²) in [6.07, 6.45) is 2.31. The zero-order valence-corrected chi connectivity index (χ0v) is 12.6. The number of thioether (sulfide) groups is 1. The van der Waals surface area contributed by atoms with Crippen LogP contribution in [0, 0.1) is 11.7 Å². The first kappa shape index (κ1) is 15.3. The van der Waals surface area contributed by atoms with E-state index < -0.39 is 0 Å². The Labute approximate surface area is 123 Å². The molecule has 1 saturated heterocycles. The number of amides is 1. The molecule has 2 rings (SSSR count). The zero-order chi connectivity index (χ0) is 14.4. The van der Waals surface area contributed by atoms with Crippen LogP contribution in [0.2, 0.25) is 0 Å². The normalized spacial score (nSPS) is 17.1. The van der Waals surface area contributed by atoms with Crippen molar-refractivity contribution in [3.05, 3.63) is 30.1 Å². The first-order chi connectivity index (χ1) is 9.63. The van der Waals surface area contributed by atoms with Crippen LogP contribution in [0.5, 0.6) is 0 Å². The van der Waals surface area contributed by atoms with E-state index in [0.29, 0.717) is 11.7 Å². The number of halogens is 1. The van der Waals surface area contributed by atoms with E-state index in [2.05, 4.69) is 17.3 Å². The number of hydrogen-bond acceptors (Lipinski definition) is 3. The van der Waals surface area contributed by atoms with E-state index in [1.165, 1.54) is 23.9 Å². The number of carbonyl (C=O) groups excluding carboxylic acids is 1. The number of piperidine rings is 1. The number of rotatable bonds is 5. The first-order valence-electron chi connectivity index (χ1n) is 6.97. The molecule has 1 N–H and O–H groups in total. The summed E-state index contributed by atoms with van der Waals surface area (Å²) in [7, 11) is 2.13. The largest absolute Gasteiger partial charge is 0.355 e. The first-order valence-corrected chi connectivity index (χ1v) is 7.95. The number of carbonyl (C=O) groups is 1. The number of nitrogens with one attached hydrogen (secondary N) is 1. The Morgan fingerprint density at radius 1 is 1.35 bits per heavy atom. The molecule has 110 valence electrons. The number of hydrogen-bond donors (Lipinski definition) is 1. The Balaban J connectivity index is 1.64. The van der Waals surface area contributed by atoms with Gasteiger partial charge in [-0.3, -0.25) is 4.79 Å². The Morgan fingerprint density at radius 3 is 2.65 bits per heavy atom. The third-order valence-electron chi connectivity index (χ3n) is 3.61. The van der Waals surface area contributed by atoms with Gasteiger partial charge in [-0.25, -0.2) is 4.39 Å². The van der Waals surface area contributed by atoms with E-state index in [9.17, 15) is 9.18 Å². The van der Waals surface area contributed by atoms with Crippen LogP contribution in [0.15, 0.2) is 29.2 Å². The van der Waals surface area contributed by atoms with Crippen molar-refractivity contribution in [3.8, 4) is 0 Å². The molecule has 1 aromatic carbocycles. The van der Waals surface area contributed by atoms with E-state index in [4.69, 9.17) is 0 Å². The van der Waals surface area contributed by atoms with Crippen LogP contribution in [0.3, 0.4) is 0 Å². The third-order valence-corrected chi connectivity index (χ3v) is 4.62. The van der Waals surface area contributed by atoms with Crippen LogP contribution in [-0.2, 0) is 4.79 Å². The standard InChI is InChI=1S/C15H21FN2OS/c1-18-8-6-12(7-9-18)10-17-15(19)11-20-14-4-2-13(16)3-5-14/h2-5,12H,6-11H2,1H3,(H,17,19). The maximum atomic E-state index is 12.7. The fourth-order valence-electron chi connectivity index (χ4n) is 2.26. The second-order valence-electron chi connectivity index (χ2n) is 5.29. The molecule has 0 atom stereocenters. The van der Waals surface area contributed by atoms with Gasteiger partial charge in [0.2, 0.25) is 5.91 Å². The molecule has 0 aromatic heterocycles. The smallest absolute Gasteiger partial charge is 0.230 e. The summed E-state index contributed by atoms with van der Waals surface area (Å²) in [6.45, 7) is 3.01. The lowest BCUT2D eigenvalue weighted by Crippen LogP contribution is -2.37. The van der Waals surface area contributed by atoms with Crippen molar-refractivity contribution in [2.75, 3.05) is 32.4 Å². The summed E-state index contributed by atoms with van der Waals surface area (Å²) in [5.74, 6) is 0.795. The molecule has 0 unspecified atom stereocenters. The van der Waals surface area contributed by atoms with E-state index in [1.807, 2.05) is 0 Å². The molecule has 1 amide bonds. The molecule has 1 aliphatic heterocycles. The third kappa shape index (κ3) is 5.13. The molecule has 3 nitrogen and oxygen atoms in total. The average molecular weight is 296 g/mol. The SMILES string of the molecule is CN1CCC(CNC(=O)CSc2ccc(F)cc2)CC1. The molecular formula is C15H21FN2OS. The van der Waals surface area contributed by atoms with Crippen molar-refractivity contribution in [1.82, 2.24) is 10.2 Å². The summed E-state index contributed by atoms with van der Waals surface area (Å²) < 4.78 is 12.7. The molecular weight excluding hydrogens is 275 g/mol. The molecule has 0 aliphatic carbocycles. The number of likely N-dealkylation sites (tertiary alicyclic amines) is 1. The Bertz CT molecular complexity index is 430. The minimum atomic E-state index is -0.249. The topological polar surface area (TPSA) is 32.3 Å². The quantitative estimate of drug-likeness (QED) is 0.847. The van der Waals surface area contributed by atoms with Crippen LogP contribution in [-0.4, -0.2) is 43.2 Å². The van der Waals surface area contributed by atoms with E-state index >= 15 is 0 Å². The van der Waals surface area contributed by atoms with Crippen LogP contribution in [0.1, 0.15) is 12.8 Å². The molecule has 0 saturated carbocycles. The monoisotopic (exact) mass is 296 g/mol. The number of nitrogens with zero attached hydrogens (tertiary/aromatic N) is 1. The Kier molecular flexibility index (Phi) is 5.86. The van der Waals surface area contributed by atoms with Gasteiger partial charge in [-0.15, -0.1) is 11.8 Å². The maximum absolute atomic E-state index is 12.7. The van der Waals surface area contributed by atoms with Gasteiger partial charge in [-0.2, -0.15) is 0 Å². The highest BCUT2D eigenvalue weighted by Gasteiger charge is 2.17. The average Bonchev–Trinajstić information content (AvgIpc) is 2.46. The lowest BCUT2D eigenvalue weighted by atomic mass is 9.97. The van der Waals surface area contributed by atoms with Gasteiger partial charge >= 0.3 is 0 Å². The molecule has 5 heteroatoms. The lowest BCUT2D eigenvalue weighted by Gasteiger charge is -2.28. The van der Waals surface area contributed by atoms with Gasteiger partial charge in [-0.1, -0.05) is 0 Å². The van der Waals surface area contributed by atoms with E-state index in [-0.39, 0.29) is 11.7 Å². The molecule has 0 bridgehead atoms. The second kappa shape index (κ2) is 7.64. The predicted molar refractivity (Wildman–Crippen MR) is 80.4 cm³/mol. The highest BCUT2D eigenvalue weighted by Crippen LogP contribution is 2.18. The molecule has 1 fully saturated rings. The van der Waals surface area contributed by atoms with Crippen molar-refractivity contribution in [3.63, 3.8) is 0 Å². The highest BCUT2D eigenvalue weighted by atomic mass is 32.2. The van der Waals surface area contributed by atoms with Crippen molar-refractivity contribution in [2.45, 2.75) is 17.7 Å². The summed E-state index contributed by atoms with van der Waals surface area (Å²) in [5.41, 5.74) is 0. The molecule has 0 spiro atoms. The van der Waals surface area contributed by atoms with Gasteiger partial charge in [0.25, 0.3) is 0 Å². The van der Waals surface area contributed by atoms with Gasteiger partial charge < -0.3 is 10.2 Å². The molecule has 20 heavy (non-hydrogen) atoms. The summed E-state index contributed by atoms with van der Waals surface area (Å²) in [5, 5.41) is 3.00. The molecule has 0 radical (unpaired) electrons. The fourth-order valence-corrected chi connectivity index (χ4v) is 2.98. The number of benzene rings is 1. The van der Waals surface area contributed by atoms with Gasteiger partial charge in [0.1, 0.15) is 5.82 Å². The minimum absolute atomic E-state index is 0.0539. The van der Waals surface area contributed by atoms with Crippen molar-refractivity contribution < 1.29 is 9.18 Å². The Morgan fingerprint density at radius 2 is 2.00 bits per heavy atom. The van der Waals surface area contributed by atoms with Gasteiger partial charge in [0, 0.05) is 11.4 Å².